The van der Waals surface area contributed by atoms with Crippen LogP contribution in [-0.4, -0.2) is 84.9 Å². The molecule has 0 aromatic heterocycles. The summed E-state index contributed by atoms with van der Waals surface area (Å²) in [6.07, 6.45) is 3.79. The molecule has 40 heavy (non-hydrogen) atoms. The predicted octanol–water partition coefficient (Wildman–Crippen LogP) is 2.80. The van der Waals surface area contributed by atoms with E-state index < -0.39 is 22.1 Å². The van der Waals surface area contributed by atoms with Crippen molar-refractivity contribution in [2.45, 2.75) is 74.0 Å². The molecule has 2 aromatic rings. The number of imide groups is 1. The number of nitrogens with one attached hydrogen (secondary N) is 2. The molecule has 2 saturated heterocycles. The molecule has 5 amide bonds. The molecule has 11 heteroatoms. The van der Waals surface area contributed by atoms with Gasteiger partial charge in [0, 0.05) is 37.1 Å². The molecule has 2 aromatic carbocycles. The molecular formula is C29H35N5O5S. The first-order valence-electron chi connectivity index (χ1n) is 14.1. The summed E-state index contributed by atoms with van der Waals surface area (Å²) < 4.78 is 28.9. The molecule has 5 atom stereocenters. The van der Waals surface area contributed by atoms with Crippen molar-refractivity contribution in [3.05, 3.63) is 65.7 Å². The van der Waals surface area contributed by atoms with Crippen LogP contribution in [-0.2, 0) is 14.8 Å². The third-order valence-corrected chi connectivity index (χ3v) is 10.2. The van der Waals surface area contributed by atoms with Crippen molar-refractivity contribution in [3.63, 3.8) is 0 Å². The number of sulfonamides is 1. The summed E-state index contributed by atoms with van der Waals surface area (Å²) in [4.78, 5) is 44.6. The molecule has 2 heterocycles. The third-order valence-electron chi connectivity index (χ3n) is 8.67. The van der Waals surface area contributed by atoms with E-state index in [1.165, 1.54) is 4.90 Å². The second kappa shape index (κ2) is 10.5. The Kier molecular flexibility index (Phi) is 7.03. The van der Waals surface area contributed by atoms with Crippen LogP contribution in [0.4, 0.5) is 9.59 Å². The number of amides is 5. The summed E-state index contributed by atoms with van der Waals surface area (Å²) in [5.41, 5.74) is 2.10. The highest BCUT2D eigenvalue weighted by Gasteiger charge is 2.56. The number of urea groups is 2. The lowest BCUT2D eigenvalue weighted by Crippen LogP contribution is -2.60. The van der Waals surface area contributed by atoms with Gasteiger partial charge in [-0.3, -0.25) is 9.69 Å². The highest BCUT2D eigenvalue weighted by atomic mass is 32.2. The van der Waals surface area contributed by atoms with Crippen molar-refractivity contribution in [2.75, 3.05) is 19.6 Å². The summed E-state index contributed by atoms with van der Waals surface area (Å²) in [5, 5.41) is 3.03. The number of carbonyl (C=O) groups is 3. The van der Waals surface area contributed by atoms with Crippen LogP contribution in [0.25, 0.3) is 0 Å². The van der Waals surface area contributed by atoms with Crippen molar-refractivity contribution in [3.8, 4) is 0 Å². The second-order valence-electron chi connectivity index (χ2n) is 11.3. The van der Waals surface area contributed by atoms with E-state index in [4.69, 9.17) is 0 Å². The molecule has 0 radical (unpaired) electrons. The molecule has 4 aliphatic rings. The van der Waals surface area contributed by atoms with Crippen molar-refractivity contribution in [2.24, 2.45) is 0 Å². The zero-order valence-electron chi connectivity index (χ0n) is 22.5. The van der Waals surface area contributed by atoms with Crippen molar-refractivity contribution >= 4 is 28.0 Å². The number of fused-ring (bicyclic) bond motifs is 1. The Hall–Kier alpha value is -3.44. The van der Waals surface area contributed by atoms with Crippen LogP contribution in [0.15, 0.2) is 59.5 Å². The van der Waals surface area contributed by atoms with E-state index in [9.17, 15) is 22.8 Å². The zero-order chi connectivity index (χ0) is 28.0. The van der Waals surface area contributed by atoms with E-state index in [-0.39, 0.29) is 54.0 Å². The Balaban J connectivity index is 1.09. The molecule has 212 valence electrons. The summed E-state index contributed by atoms with van der Waals surface area (Å²) in [5.74, 6) is -0.0888. The maximum atomic E-state index is 13.4. The molecule has 2 N–H and O–H groups in total. The van der Waals surface area contributed by atoms with Gasteiger partial charge >= 0.3 is 12.1 Å². The minimum absolute atomic E-state index is 0.127. The molecule has 10 nitrogen and oxygen atoms in total. The fraction of sp³-hybridized carbons (Fsp3) is 0.483. The third kappa shape index (κ3) is 5.08. The van der Waals surface area contributed by atoms with E-state index in [0.29, 0.717) is 19.4 Å². The van der Waals surface area contributed by atoms with E-state index >= 15 is 0 Å². The minimum Gasteiger partial charge on any atom is -0.334 e. The van der Waals surface area contributed by atoms with Crippen LogP contribution < -0.4 is 10.0 Å². The van der Waals surface area contributed by atoms with Gasteiger partial charge in [-0.15, -0.1) is 0 Å². The topological polar surface area (TPSA) is 119 Å². The van der Waals surface area contributed by atoms with E-state index in [0.717, 1.165) is 30.4 Å². The average Bonchev–Trinajstić information content (AvgIpc) is 3.70. The van der Waals surface area contributed by atoms with Crippen LogP contribution in [0.2, 0.25) is 0 Å². The van der Waals surface area contributed by atoms with Crippen LogP contribution >= 0.6 is 0 Å². The fourth-order valence-electron chi connectivity index (χ4n) is 6.31. The summed E-state index contributed by atoms with van der Waals surface area (Å²) in [6, 6.07) is 14.4. The standard InChI is InChI=1S/C29H35N5O5S/c1-19-11-13-21(14-12-19)40(38,39)31-24-10-6-5-9-23(24)30-28(36)32-15-16-33-26(18-32)27(35)34(29(33)37)25-17-22(25)20-7-3-2-4-8-20/h2-4,7-8,11-14,22-26,31H,5-6,9-10,15-18H2,1H3,(H,30,36)/t22-,23-,24-,25+,26+/m1/s1. The Morgan fingerprint density at radius 1 is 0.925 bits per heavy atom. The zero-order valence-corrected chi connectivity index (χ0v) is 23.3. The van der Waals surface area contributed by atoms with Gasteiger partial charge in [-0.2, -0.15) is 0 Å². The summed E-state index contributed by atoms with van der Waals surface area (Å²) >= 11 is 0. The van der Waals surface area contributed by atoms with E-state index in [1.807, 2.05) is 37.3 Å². The van der Waals surface area contributed by atoms with Gasteiger partial charge in [0.15, 0.2) is 0 Å². The lowest BCUT2D eigenvalue weighted by atomic mass is 9.91. The molecule has 0 bridgehead atoms. The van der Waals surface area contributed by atoms with Gasteiger partial charge in [0.05, 0.1) is 11.4 Å². The molecule has 0 spiro atoms. The number of hydrogen-bond donors (Lipinski definition) is 2. The SMILES string of the molecule is Cc1ccc(S(=O)(=O)N[C@@H]2CCCC[C@H]2NC(=O)N2CCN3C(=O)N([C@H]4C[C@@H]4c4ccccc4)C(=O)[C@@H]3C2)cc1. The minimum atomic E-state index is -3.74. The second-order valence-corrected chi connectivity index (χ2v) is 13.1. The quantitative estimate of drug-likeness (QED) is 0.522. The Bertz CT molecular complexity index is 1400. The Labute approximate surface area is 234 Å². The number of carbonyl (C=O) groups excluding carboxylic acids is 3. The molecular weight excluding hydrogens is 530 g/mol. The number of nitrogens with zero attached hydrogens (tertiary/aromatic N) is 3. The number of aryl methyl sites for hydroxylation is 1. The molecule has 2 aliphatic heterocycles. The van der Waals surface area contributed by atoms with Crippen molar-refractivity contribution < 1.29 is 22.8 Å². The molecule has 2 saturated carbocycles. The lowest BCUT2D eigenvalue weighted by Gasteiger charge is -2.38. The van der Waals surface area contributed by atoms with Crippen molar-refractivity contribution in [1.82, 2.24) is 24.7 Å². The predicted molar refractivity (Wildman–Crippen MR) is 148 cm³/mol. The monoisotopic (exact) mass is 565 g/mol. The largest absolute Gasteiger partial charge is 0.334 e. The van der Waals surface area contributed by atoms with E-state index in [1.54, 1.807) is 34.1 Å². The highest BCUT2D eigenvalue weighted by Crippen LogP contribution is 2.46. The van der Waals surface area contributed by atoms with Crippen LogP contribution in [0.1, 0.15) is 49.1 Å². The van der Waals surface area contributed by atoms with E-state index in [2.05, 4.69) is 10.0 Å². The first-order valence-corrected chi connectivity index (χ1v) is 15.5. The highest BCUT2D eigenvalue weighted by molar-refractivity contribution is 7.89. The Morgan fingerprint density at radius 3 is 2.35 bits per heavy atom. The summed E-state index contributed by atoms with van der Waals surface area (Å²) in [7, 11) is -3.74. The van der Waals surface area contributed by atoms with Gasteiger partial charge in [-0.1, -0.05) is 60.9 Å². The Morgan fingerprint density at radius 2 is 1.62 bits per heavy atom. The maximum absolute atomic E-state index is 13.4. The average molecular weight is 566 g/mol. The molecule has 2 aliphatic carbocycles. The van der Waals surface area contributed by atoms with Gasteiger partial charge in [0.1, 0.15) is 6.04 Å². The smallest absolute Gasteiger partial charge is 0.327 e. The normalized spacial score (nSPS) is 28.4. The van der Waals surface area contributed by atoms with Gasteiger partial charge in [0.2, 0.25) is 10.0 Å². The maximum Gasteiger partial charge on any atom is 0.327 e. The number of hydrogen-bond acceptors (Lipinski definition) is 5. The first kappa shape index (κ1) is 26.8. The number of benzene rings is 2. The van der Waals surface area contributed by atoms with Crippen LogP contribution in [0, 0.1) is 6.92 Å². The van der Waals surface area contributed by atoms with Crippen LogP contribution in [0.3, 0.4) is 0 Å². The molecule has 4 fully saturated rings. The number of piperazine rings is 1. The van der Waals surface area contributed by atoms with Gasteiger partial charge < -0.3 is 15.1 Å². The van der Waals surface area contributed by atoms with Crippen LogP contribution in [0.5, 0.6) is 0 Å². The molecule has 6 rings (SSSR count). The number of rotatable bonds is 6. The van der Waals surface area contributed by atoms with Gasteiger partial charge in [-0.25, -0.2) is 22.7 Å². The first-order chi connectivity index (χ1) is 19.2. The van der Waals surface area contributed by atoms with Crippen molar-refractivity contribution in [1.29, 1.82) is 0 Å². The van der Waals surface area contributed by atoms with Gasteiger partial charge in [-0.05, 0) is 43.9 Å². The van der Waals surface area contributed by atoms with Gasteiger partial charge in [0.25, 0.3) is 5.91 Å². The summed E-state index contributed by atoms with van der Waals surface area (Å²) in [6.45, 7) is 2.63. The fourth-order valence-corrected chi connectivity index (χ4v) is 7.62. The molecule has 0 unspecified atom stereocenters. The lowest BCUT2D eigenvalue weighted by molar-refractivity contribution is -0.129.